The van der Waals surface area contributed by atoms with Gasteiger partial charge in [-0.15, -0.1) is 0 Å². The summed E-state index contributed by atoms with van der Waals surface area (Å²) in [4.78, 5) is 23.6. The molecule has 1 aliphatic heterocycles. The standard InChI is InChI=1S/C16H18N6O2/c1-9-14(10(2)22-13(18-9)4-6-17-22)16(23)21-7-5-12(8-21)15-19-11(3)20-24-15/h4,6,12H,5,7-8H2,1-3H3/t12-/m0/s1. The van der Waals surface area contributed by atoms with Gasteiger partial charge in [-0.1, -0.05) is 5.16 Å². The predicted octanol–water partition coefficient (Wildman–Crippen LogP) is 1.67. The van der Waals surface area contributed by atoms with Crippen molar-refractivity contribution in [3.8, 4) is 0 Å². The fourth-order valence-corrected chi connectivity index (χ4v) is 3.33. The third-order valence-electron chi connectivity index (χ3n) is 4.53. The summed E-state index contributed by atoms with van der Waals surface area (Å²) in [6, 6.07) is 1.83. The van der Waals surface area contributed by atoms with Crippen LogP contribution < -0.4 is 0 Å². The molecule has 3 aromatic rings. The lowest BCUT2D eigenvalue weighted by Gasteiger charge is -2.18. The monoisotopic (exact) mass is 326 g/mol. The highest BCUT2D eigenvalue weighted by Gasteiger charge is 2.33. The maximum atomic E-state index is 13.0. The third-order valence-corrected chi connectivity index (χ3v) is 4.53. The van der Waals surface area contributed by atoms with Gasteiger partial charge >= 0.3 is 0 Å². The molecule has 0 aromatic carbocycles. The fraction of sp³-hybridized carbons (Fsp3) is 0.438. The topological polar surface area (TPSA) is 89.4 Å². The first kappa shape index (κ1) is 14.8. The summed E-state index contributed by atoms with van der Waals surface area (Å²) in [5.41, 5.74) is 2.91. The average molecular weight is 326 g/mol. The van der Waals surface area contributed by atoms with Gasteiger partial charge in [-0.3, -0.25) is 4.79 Å². The molecule has 1 atom stereocenters. The van der Waals surface area contributed by atoms with Crippen LogP contribution in [0.1, 0.15) is 45.8 Å². The zero-order chi connectivity index (χ0) is 16.8. The van der Waals surface area contributed by atoms with Crippen molar-refractivity contribution >= 4 is 11.6 Å². The molecule has 1 aliphatic rings. The molecule has 3 aromatic heterocycles. The van der Waals surface area contributed by atoms with Gasteiger partial charge in [-0.25, -0.2) is 9.50 Å². The quantitative estimate of drug-likeness (QED) is 0.711. The minimum atomic E-state index is -0.0198. The Morgan fingerprint density at radius 2 is 2.12 bits per heavy atom. The van der Waals surface area contributed by atoms with Crippen LogP contribution in [0.25, 0.3) is 5.65 Å². The van der Waals surface area contributed by atoms with E-state index < -0.39 is 0 Å². The van der Waals surface area contributed by atoms with E-state index in [1.807, 2.05) is 24.8 Å². The van der Waals surface area contributed by atoms with Crippen molar-refractivity contribution in [3.05, 3.63) is 40.9 Å². The van der Waals surface area contributed by atoms with Crippen LogP contribution in [0.4, 0.5) is 0 Å². The maximum Gasteiger partial charge on any atom is 0.257 e. The van der Waals surface area contributed by atoms with Crippen molar-refractivity contribution < 1.29 is 9.32 Å². The molecule has 0 aliphatic carbocycles. The van der Waals surface area contributed by atoms with Crippen molar-refractivity contribution in [2.24, 2.45) is 0 Å². The molecule has 0 unspecified atom stereocenters. The number of hydrogen-bond acceptors (Lipinski definition) is 6. The minimum absolute atomic E-state index is 0.0198. The molecule has 0 saturated carbocycles. The highest BCUT2D eigenvalue weighted by atomic mass is 16.5. The zero-order valence-corrected chi connectivity index (χ0v) is 13.9. The highest BCUT2D eigenvalue weighted by molar-refractivity contribution is 5.96. The Labute approximate surface area is 138 Å². The number of likely N-dealkylation sites (tertiary alicyclic amines) is 1. The number of carbonyl (C=O) groups is 1. The van der Waals surface area contributed by atoms with Gasteiger partial charge in [-0.05, 0) is 27.2 Å². The van der Waals surface area contributed by atoms with Crippen LogP contribution in [0.5, 0.6) is 0 Å². The second-order valence-electron chi connectivity index (χ2n) is 6.18. The van der Waals surface area contributed by atoms with E-state index in [9.17, 15) is 4.79 Å². The lowest BCUT2D eigenvalue weighted by molar-refractivity contribution is 0.0787. The first-order valence-corrected chi connectivity index (χ1v) is 7.95. The summed E-state index contributed by atoms with van der Waals surface area (Å²) in [5.74, 6) is 1.30. The molecule has 1 amide bonds. The van der Waals surface area contributed by atoms with E-state index in [0.29, 0.717) is 30.4 Å². The highest BCUT2D eigenvalue weighted by Crippen LogP contribution is 2.28. The van der Waals surface area contributed by atoms with Gasteiger partial charge in [0, 0.05) is 19.2 Å². The lowest BCUT2D eigenvalue weighted by Crippen LogP contribution is -2.30. The molecule has 1 saturated heterocycles. The Balaban J connectivity index is 1.63. The van der Waals surface area contributed by atoms with Crippen molar-refractivity contribution in [2.75, 3.05) is 13.1 Å². The number of nitrogens with zero attached hydrogens (tertiary/aromatic N) is 6. The molecule has 0 N–H and O–H groups in total. The van der Waals surface area contributed by atoms with Crippen LogP contribution in [0, 0.1) is 20.8 Å². The second-order valence-corrected chi connectivity index (χ2v) is 6.18. The molecule has 24 heavy (non-hydrogen) atoms. The summed E-state index contributed by atoms with van der Waals surface area (Å²) >= 11 is 0. The van der Waals surface area contributed by atoms with E-state index in [-0.39, 0.29) is 11.8 Å². The number of aryl methyl sites for hydroxylation is 3. The van der Waals surface area contributed by atoms with Crippen LogP contribution in [-0.4, -0.2) is 48.6 Å². The molecular weight excluding hydrogens is 308 g/mol. The van der Waals surface area contributed by atoms with E-state index in [4.69, 9.17) is 4.52 Å². The van der Waals surface area contributed by atoms with Crippen molar-refractivity contribution in [1.82, 2.24) is 29.6 Å². The average Bonchev–Trinajstić information content (AvgIpc) is 3.25. The van der Waals surface area contributed by atoms with Crippen molar-refractivity contribution in [1.29, 1.82) is 0 Å². The number of carbonyl (C=O) groups excluding carboxylic acids is 1. The maximum absolute atomic E-state index is 13.0. The number of aromatic nitrogens is 5. The molecule has 0 spiro atoms. The molecule has 0 radical (unpaired) electrons. The Morgan fingerprint density at radius 1 is 1.29 bits per heavy atom. The second kappa shape index (κ2) is 5.40. The number of hydrogen-bond donors (Lipinski definition) is 0. The van der Waals surface area contributed by atoms with Crippen LogP contribution >= 0.6 is 0 Å². The van der Waals surface area contributed by atoms with Crippen LogP contribution in [0.3, 0.4) is 0 Å². The summed E-state index contributed by atoms with van der Waals surface area (Å²) in [5, 5.41) is 8.08. The lowest BCUT2D eigenvalue weighted by atomic mass is 10.1. The summed E-state index contributed by atoms with van der Waals surface area (Å²) < 4.78 is 6.95. The van der Waals surface area contributed by atoms with E-state index in [1.165, 1.54) is 0 Å². The summed E-state index contributed by atoms with van der Waals surface area (Å²) in [6.45, 7) is 6.80. The van der Waals surface area contributed by atoms with E-state index in [0.717, 1.165) is 23.5 Å². The van der Waals surface area contributed by atoms with Gasteiger partial charge in [-0.2, -0.15) is 10.1 Å². The summed E-state index contributed by atoms with van der Waals surface area (Å²) in [6.07, 6.45) is 2.51. The first-order valence-electron chi connectivity index (χ1n) is 7.95. The van der Waals surface area contributed by atoms with E-state index in [2.05, 4.69) is 20.2 Å². The normalized spacial score (nSPS) is 17.8. The molecule has 124 valence electrons. The summed E-state index contributed by atoms with van der Waals surface area (Å²) in [7, 11) is 0. The predicted molar refractivity (Wildman–Crippen MR) is 84.8 cm³/mol. The van der Waals surface area contributed by atoms with Gasteiger partial charge in [0.15, 0.2) is 11.5 Å². The number of rotatable bonds is 2. The SMILES string of the molecule is Cc1noc([C@H]2CCN(C(=O)c3c(C)nc4ccnn4c3C)C2)n1. The molecule has 4 heterocycles. The fourth-order valence-electron chi connectivity index (χ4n) is 3.33. The molecule has 1 fully saturated rings. The van der Waals surface area contributed by atoms with E-state index >= 15 is 0 Å². The van der Waals surface area contributed by atoms with Gasteiger partial charge in [0.1, 0.15) is 0 Å². The van der Waals surface area contributed by atoms with Crippen LogP contribution in [0.2, 0.25) is 0 Å². The molecule has 4 rings (SSSR count). The van der Waals surface area contributed by atoms with Gasteiger partial charge < -0.3 is 9.42 Å². The molecule has 8 nitrogen and oxygen atoms in total. The van der Waals surface area contributed by atoms with Crippen LogP contribution in [0.15, 0.2) is 16.8 Å². The Hall–Kier alpha value is -2.77. The third kappa shape index (κ3) is 2.26. The number of amides is 1. The van der Waals surface area contributed by atoms with Crippen LogP contribution in [-0.2, 0) is 0 Å². The van der Waals surface area contributed by atoms with Gasteiger partial charge in [0.05, 0.1) is 29.1 Å². The van der Waals surface area contributed by atoms with Gasteiger partial charge in [0.25, 0.3) is 5.91 Å². The molecule has 0 bridgehead atoms. The zero-order valence-electron chi connectivity index (χ0n) is 13.9. The van der Waals surface area contributed by atoms with Gasteiger partial charge in [0.2, 0.25) is 5.89 Å². The smallest absolute Gasteiger partial charge is 0.257 e. The molecule has 8 heteroatoms. The Morgan fingerprint density at radius 3 is 2.88 bits per heavy atom. The minimum Gasteiger partial charge on any atom is -0.339 e. The Kier molecular flexibility index (Phi) is 3.33. The van der Waals surface area contributed by atoms with E-state index in [1.54, 1.807) is 17.6 Å². The van der Waals surface area contributed by atoms with Crippen molar-refractivity contribution in [3.63, 3.8) is 0 Å². The Bertz CT molecular complexity index is 928. The van der Waals surface area contributed by atoms with Crippen molar-refractivity contribution in [2.45, 2.75) is 33.1 Å². The first-order chi connectivity index (χ1) is 11.5. The number of fused-ring (bicyclic) bond motifs is 1. The largest absolute Gasteiger partial charge is 0.339 e. The molecular formula is C16H18N6O2.